The van der Waals surface area contributed by atoms with Crippen LogP contribution in [0.4, 0.5) is 4.39 Å². The van der Waals surface area contributed by atoms with Crippen LogP contribution in [0.5, 0.6) is 0 Å². The maximum atomic E-state index is 13.6. The average molecular weight is 357 g/mol. The van der Waals surface area contributed by atoms with E-state index in [2.05, 4.69) is 20.4 Å². The molecule has 128 valence electrons. The number of halogens is 1. The molecule has 0 spiro atoms. The Morgan fingerprint density at radius 1 is 1.32 bits per heavy atom. The predicted octanol–water partition coefficient (Wildman–Crippen LogP) is 2.85. The summed E-state index contributed by atoms with van der Waals surface area (Å²) in [6, 6.07) is 6.31. The van der Waals surface area contributed by atoms with Gasteiger partial charge in [0.1, 0.15) is 5.82 Å². The van der Waals surface area contributed by atoms with Crippen LogP contribution in [0, 0.1) is 19.7 Å². The quantitative estimate of drug-likeness (QED) is 0.764. The lowest BCUT2D eigenvalue weighted by Crippen LogP contribution is -2.31. The maximum Gasteiger partial charge on any atom is 0.291 e. The van der Waals surface area contributed by atoms with Crippen molar-refractivity contribution in [2.45, 2.75) is 31.2 Å². The van der Waals surface area contributed by atoms with Crippen LogP contribution in [0.1, 0.15) is 40.0 Å². The third kappa shape index (κ3) is 2.97. The molecule has 1 N–H and O–H groups in total. The van der Waals surface area contributed by atoms with Crippen LogP contribution >= 0.6 is 11.8 Å². The first-order valence-electron chi connectivity index (χ1n) is 7.95. The summed E-state index contributed by atoms with van der Waals surface area (Å²) in [6.45, 7) is 3.75. The molecule has 2 aromatic heterocycles. The van der Waals surface area contributed by atoms with Crippen molar-refractivity contribution in [3.05, 3.63) is 52.9 Å². The van der Waals surface area contributed by atoms with Crippen LogP contribution in [0.25, 0.3) is 5.78 Å². The lowest BCUT2D eigenvalue weighted by atomic mass is 10.0. The largest absolute Gasteiger partial charge is 0.342 e. The molecule has 1 amide bonds. The number of carbonyl (C=O) groups is 1. The number of benzene rings is 1. The number of amides is 1. The summed E-state index contributed by atoms with van der Waals surface area (Å²) in [5.74, 6) is 0.643. The second-order valence-electron chi connectivity index (χ2n) is 6.03. The number of hydrogen-bond donors (Lipinski definition) is 1. The average Bonchev–Trinajstić information content (AvgIpc) is 3.00. The van der Waals surface area contributed by atoms with Gasteiger partial charge in [0.15, 0.2) is 0 Å². The number of nitrogens with zero attached hydrogens (tertiary/aromatic N) is 4. The highest BCUT2D eigenvalue weighted by Crippen LogP contribution is 2.36. The molecule has 1 aromatic carbocycles. The fourth-order valence-corrected chi connectivity index (χ4v) is 4.11. The summed E-state index contributed by atoms with van der Waals surface area (Å²) in [6.07, 6.45) is 0.733. The molecule has 1 aliphatic heterocycles. The Labute approximate surface area is 147 Å². The molecule has 8 heteroatoms. The molecule has 0 saturated carbocycles. The first kappa shape index (κ1) is 16.0. The van der Waals surface area contributed by atoms with Crippen LogP contribution < -0.4 is 5.32 Å². The Hall–Kier alpha value is -2.48. The first-order chi connectivity index (χ1) is 12.0. The van der Waals surface area contributed by atoms with E-state index in [0.717, 1.165) is 34.0 Å². The van der Waals surface area contributed by atoms with Gasteiger partial charge < -0.3 is 5.32 Å². The van der Waals surface area contributed by atoms with Crippen LogP contribution in [-0.4, -0.2) is 31.2 Å². The van der Waals surface area contributed by atoms with Gasteiger partial charge in [-0.05, 0) is 50.1 Å². The Balaban J connectivity index is 1.63. The van der Waals surface area contributed by atoms with E-state index < -0.39 is 0 Å². The Morgan fingerprint density at radius 2 is 2.16 bits per heavy atom. The van der Waals surface area contributed by atoms with E-state index in [4.69, 9.17) is 0 Å². The molecular formula is C17H16FN5OS. The minimum atomic E-state index is -0.380. The molecule has 3 heterocycles. The van der Waals surface area contributed by atoms with Crippen molar-refractivity contribution in [3.63, 3.8) is 0 Å². The van der Waals surface area contributed by atoms with Crippen molar-refractivity contribution in [1.82, 2.24) is 24.9 Å². The van der Waals surface area contributed by atoms with Crippen LogP contribution in [-0.2, 0) is 0 Å². The van der Waals surface area contributed by atoms with E-state index in [1.807, 2.05) is 19.9 Å². The number of fused-ring (bicyclic) bond motifs is 2. The Bertz CT molecular complexity index is 987. The molecule has 1 unspecified atom stereocenters. The van der Waals surface area contributed by atoms with E-state index >= 15 is 0 Å². The van der Waals surface area contributed by atoms with Crippen molar-refractivity contribution in [1.29, 1.82) is 0 Å². The topological polar surface area (TPSA) is 72.2 Å². The summed E-state index contributed by atoms with van der Waals surface area (Å²) in [4.78, 5) is 22.1. The van der Waals surface area contributed by atoms with Crippen molar-refractivity contribution < 1.29 is 9.18 Å². The molecule has 1 atom stereocenters. The minimum Gasteiger partial charge on any atom is -0.342 e. The predicted molar refractivity (Wildman–Crippen MR) is 92.2 cm³/mol. The molecule has 0 aliphatic carbocycles. The third-order valence-corrected chi connectivity index (χ3v) is 5.26. The van der Waals surface area contributed by atoms with Gasteiger partial charge in [0.25, 0.3) is 11.7 Å². The Kier molecular flexibility index (Phi) is 3.91. The fraction of sp³-hybridized carbons (Fsp3) is 0.294. The van der Waals surface area contributed by atoms with E-state index in [1.54, 1.807) is 22.3 Å². The van der Waals surface area contributed by atoms with E-state index in [-0.39, 0.29) is 23.6 Å². The second kappa shape index (κ2) is 6.11. The van der Waals surface area contributed by atoms with E-state index in [0.29, 0.717) is 5.78 Å². The Morgan fingerprint density at radius 3 is 3.00 bits per heavy atom. The number of rotatable bonds is 2. The molecule has 1 aliphatic rings. The zero-order chi connectivity index (χ0) is 17.6. The van der Waals surface area contributed by atoms with Gasteiger partial charge in [-0.15, -0.1) is 16.9 Å². The summed E-state index contributed by atoms with van der Waals surface area (Å²) in [7, 11) is 0. The number of aryl methyl sites for hydroxylation is 2. The first-order valence-corrected chi connectivity index (χ1v) is 8.94. The molecule has 4 rings (SSSR count). The molecule has 3 aromatic rings. The monoisotopic (exact) mass is 357 g/mol. The van der Waals surface area contributed by atoms with Gasteiger partial charge in [0.05, 0.1) is 6.04 Å². The van der Waals surface area contributed by atoms with E-state index in [1.165, 1.54) is 12.1 Å². The van der Waals surface area contributed by atoms with Gasteiger partial charge in [-0.3, -0.25) is 4.79 Å². The third-order valence-electron chi connectivity index (χ3n) is 4.14. The summed E-state index contributed by atoms with van der Waals surface area (Å²) < 4.78 is 15.1. The maximum absolute atomic E-state index is 13.6. The highest BCUT2D eigenvalue weighted by atomic mass is 32.2. The number of thioether (sulfide) groups is 1. The van der Waals surface area contributed by atoms with Gasteiger partial charge in [-0.25, -0.2) is 13.9 Å². The van der Waals surface area contributed by atoms with Crippen LogP contribution in [0.2, 0.25) is 0 Å². The van der Waals surface area contributed by atoms with Crippen LogP contribution in [0.15, 0.2) is 29.2 Å². The van der Waals surface area contributed by atoms with Crippen LogP contribution in [0.3, 0.4) is 0 Å². The normalized spacial score (nSPS) is 16.7. The highest BCUT2D eigenvalue weighted by molar-refractivity contribution is 7.99. The molecule has 0 radical (unpaired) electrons. The molecule has 0 fully saturated rings. The lowest BCUT2D eigenvalue weighted by molar-refractivity contribution is 0.0924. The molecular weight excluding hydrogens is 341 g/mol. The van der Waals surface area contributed by atoms with Crippen molar-refractivity contribution in [2.24, 2.45) is 0 Å². The number of nitrogens with one attached hydrogen (secondary N) is 1. The number of aromatic nitrogens is 4. The van der Waals surface area contributed by atoms with Gasteiger partial charge in [-0.2, -0.15) is 4.98 Å². The molecule has 6 nitrogen and oxygen atoms in total. The standard InChI is InChI=1S/C17H16FN5OS/c1-9-7-10(2)23-17(19-9)21-15(22-23)16(24)20-13-5-6-25-14-4-3-11(18)8-12(13)14/h3-4,7-8,13H,5-6H2,1-2H3,(H,20,24). The van der Waals surface area contributed by atoms with Gasteiger partial charge >= 0.3 is 0 Å². The van der Waals surface area contributed by atoms with Gasteiger partial charge in [0.2, 0.25) is 5.82 Å². The molecule has 0 bridgehead atoms. The minimum absolute atomic E-state index is 0.0670. The highest BCUT2D eigenvalue weighted by Gasteiger charge is 2.25. The SMILES string of the molecule is Cc1cc(C)n2nc(C(=O)NC3CCSc4ccc(F)cc43)nc2n1. The summed E-state index contributed by atoms with van der Waals surface area (Å²) >= 11 is 1.67. The number of hydrogen-bond acceptors (Lipinski definition) is 5. The van der Waals surface area contributed by atoms with E-state index in [9.17, 15) is 9.18 Å². The summed E-state index contributed by atoms with van der Waals surface area (Å²) in [5.41, 5.74) is 2.48. The lowest BCUT2D eigenvalue weighted by Gasteiger charge is -2.25. The van der Waals surface area contributed by atoms with Gasteiger partial charge in [0, 0.05) is 22.0 Å². The fourth-order valence-electron chi connectivity index (χ4n) is 3.00. The van der Waals surface area contributed by atoms with Crippen molar-refractivity contribution in [3.8, 4) is 0 Å². The summed E-state index contributed by atoms with van der Waals surface area (Å²) in [5, 5.41) is 7.17. The smallest absolute Gasteiger partial charge is 0.291 e. The zero-order valence-corrected chi connectivity index (χ0v) is 14.6. The number of carbonyl (C=O) groups excluding carboxylic acids is 1. The zero-order valence-electron chi connectivity index (χ0n) is 13.8. The van der Waals surface area contributed by atoms with Crippen molar-refractivity contribution in [2.75, 3.05) is 5.75 Å². The molecule has 0 saturated heterocycles. The molecule has 25 heavy (non-hydrogen) atoms. The van der Waals surface area contributed by atoms with Crippen molar-refractivity contribution >= 4 is 23.4 Å². The second-order valence-corrected chi connectivity index (χ2v) is 7.17. The van der Waals surface area contributed by atoms with Gasteiger partial charge in [-0.1, -0.05) is 0 Å².